The summed E-state index contributed by atoms with van der Waals surface area (Å²) in [6, 6.07) is 5.11. The summed E-state index contributed by atoms with van der Waals surface area (Å²) >= 11 is 11.5. The third-order valence-electron chi connectivity index (χ3n) is 3.55. The van der Waals surface area contributed by atoms with E-state index >= 15 is 0 Å². The number of H-pyrrole nitrogens is 1. The number of fused-ring (bicyclic) bond motifs is 1. The van der Waals surface area contributed by atoms with Gasteiger partial charge in [0.2, 0.25) is 0 Å². The Labute approximate surface area is 148 Å². The highest BCUT2D eigenvalue weighted by molar-refractivity contribution is 7.71. The molecule has 0 radical (unpaired) electrons. The maximum atomic E-state index is 12.8. The zero-order valence-electron chi connectivity index (χ0n) is 13.5. The molecule has 24 heavy (non-hydrogen) atoms. The molecule has 0 bridgehead atoms. The number of imidazole rings is 1. The third kappa shape index (κ3) is 2.85. The van der Waals surface area contributed by atoms with E-state index in [4.69, 9.17) is 28.6 Å². The molecule has 1 N–H and O–H groups in total. The van der Waals surface area contributed by atoms with Gasteiger partial charge in [0.15, 0.2) is 10.3 Å². The molecule has 0 spiro atoms. The molecule has 0 aliphatic carbocycles. The molecule has 0 amide bonds. The van der Waals surface area contributed by atoms with E-state index in [0.717, 1.165) is 0 Å². The largest absolute Gasteiger partial charge is 0.489 e. The van der Waals surface area contributed by atoms with Gasteiger partial charge in [-0.15, -0.1) is 0 Å². The van der Waals surface area contributed by atoms with Gasteiger partial charge in [0.1, 0.15) is 11.4 Å². The number of benzene rings is 1. The Hall–Kier alpha value is -2.12. The molecule has 8 heteroatoms. The molecule has 0 aliphatic heterocycles. The minimum absolute atomic E-state index is 0.0354. The van der Waals surface area contributed by atoms with Crippen molar-refractivity contribution in [2.24, 2.45) is 0 Å². The predicted octanol–water partition coefficient (Wildman–Crippen LogP) is 3.71. The number of aromatic amines is 1. The van der Waals surface area contributed by atoms with Crippen LogP contribution < -0.4 is 10.3 Å². The van der Waals surface area contributed by atoms with E-state index in [1.165, 1.54) is 4.57 Å². The first-order chi connectivity index (χ1) is 11.4. The molecule has 1 aromatic carbocycles. The van der Waals surface area contributed by atoms with Crippen LogP contribution >= 0.6 is 23.8 Å². The summed E-state index contributed by atoms with van der Waals surface area (Å²) in [7, 11) is 0. The van der Waals surface area contributed by atoms with Crippen LogP contribution in [0, 0.1) is 4.77 Å². The van der Waals surface area contributed by atoms with Gasteiger partial charge >= 0.3 is 0 Å². The third-order valence-corrected chi connectivity index (χ3v) is 4.15. The standard InChI is InChI=1S/C16H17ClN4O2S/c1-4-20-8-18-13-14(20)19-16(24)21(15(13)22)10-5-6-11(17)12(7-10)23-9(2)3/h5-9H,4H2,1-3H3,(H,19,24). The Kier molecular flexibility index (Phi) is 4.47. The first-order valence-corrected chi connectivity index (χ1v) is 8.37. The van der Waals surface area contributed by atoms with Crippen LogP contribution in [0.5, 0.6) is 5.75 Å². The van der Waals surface area contributed by atoms with E-state index in [9.17, 15) is 4.79 Å². The van der Waals surface area contributed by atoms with Gasteiger partial charge in [-0.3, -0.25) is 9.36 Å². The fraction of sp³-hybridized carbons (Fsp3) is 0.312. The predicted molar refractivity (Wildman–Crippen MR) is 97.0 cm³/mol. The lowest BCUT2D eigenvalue weighted by molar-refractivity contribution is 0.242. The van der Waals surface area contributed by atoms with Gasteiger partial charge in [0.25, 0.3) is 5.56 Å². The molecule has 0 unspecified atom stereocenters. The van der Waals surface area contributed by atoms with Crippen molar-refractivity contribution in [3.8, 4) is 11.4 Å². The van der Waals surface area contributed by atoms with Crippen molar-refractivity contribution < 1.29 is 4.74 Å². The van der Waals surface area contributed by atoms with Gasteiger partial charge in [0.05, 0.1) is 23.1 Å². The number of aryl methyl sites for hydroxylation is 1. The lowest BCUT2D eigenvalue weighted by Gasteiger charge is -2.14. The fourth-order valence-corrected chi connectivity index (χ4v) is 2.92. The van der Waals surface area contributed by atoms with Gasteiger partial charge in [0, 0.05) is 12.6 Å². The van der Waals surface area contributed by atoms with Crippen LogP contribution in [0.2, 0.25) is 5.02 Å². The van der Waals surface area contributed by atoms with Crippen molar-refractivity contribution in [3.63, 3.8) is 0 Å². The zero-order chi connectivity index (χ0) is 17.4. The minimum Gasteiger partial charge on any atom is -0.489 e. The highest BCUT2D eigenvalue weighted by atomic mass is 35.5. The number of nitrogens with one attached hydrogen (secondary N) is 1. The topological polar surface area (TPSA) is 64.8 Å². The van der Waals surface area contributed by atoms with E-state index in [1.54, 1.807) is 24.5 Å². The number of rotatable bonds is 4. The van der Waals surface area contributed by atoms with Crippen molar-refractivity contribution in [1.82, 2.24) is 19.1 Å². The van der Waals surface area contributed by atoms with Crippen molar-refractivity contribution in [1.29, 1.82) is 0 Å². The van der Waals surface area contributed by atoms with Crippen LogP contribution in [0.1, 0.15) is 20.8 Å². The van der Waals surface area contributed by atoms with Crippen LogP contribution in [0.25, 0.3) is 16.9 Å². The maximum Gasteiger partial charge on any atom is 0.287 e. The van der Waals surface area contributed by atoms with Gasteiger partial charge in [-0.25, -0.2) is 4.98 Å². The van der Waals surface area contributed by atoms with E-state index in [-0.39, 0.29) is 11.7 Å². The van der Waals surface area contributed by atoms with Crippen LogP contribution in [-0.4, -0.2) is 25.2 Å². The highest BCUT2D eigenvalue weighted by Gasteiger charge is 2.14. The van der Waals surface area contributed by atoms with Crippen LogP contribution in [0.4, 0.5) is 0 Å². The molecule has 0 fully saturated rings. The Morgan fingerprint density at radius 1 is 1.42 bits per heavy atom. The summed E-state index contributed by atoms with van der Waals surface area (Å²) in [5, 5.41) is 0.478. The van der Waals surface area contributed by atoms with Crippen molar-refractivity contribution in [3.05, 3.63) is 44.7 Å². The molecule has 0 saturated heterocycles. The molecule has 0 aliphatic rings. The average molecular weight is 365 g/mol. The molecule has 3 aromatic rings. The maximum absolute atomic E-state index is 12.8. The van der Waals surface area contributed by atoms with Gasteiger partial charge in [-0.05, 0) is 45.1 Å². The second-order valence-corrected chi connectivity index (χ2v) is 6.37. The molecule has 126 valence electrons. The second kappa shape index (κ2) is 6.41. The molecular weight excluding hydrogens is 348 g/mol. The fourth-order valence-electron chi connectivity index (χ4n) is 2.47. The van der Waals surface area contributed by atoms with Crippen LogP contribution in [0.15, 0.2) is 29.3 Å². The quantitative estimate of drug-likeness (QED) is 0.717. The van der Waals surface area contributed by atoms with Gasteiger partial charge in [-0.2, -0.15) is 0 Å². The van der Waals surface area contributed by atoms with E-state index in [0.29, 0.717) is 38.9 Å². The highest BCUT2D eigenvalue weighted by Crippen LogP contribution is 2.28. The molecular formula is C16H17ClN4O2S. The molecule has 2 aromatic heterocycles. The Bertz CT molecular complexity index is 1020. The van der Waals surface area contributed by atoms with Gasteiger partial charge in [-0.1, -0.05) is 11.6 Å². The number of nitrogens with zero attached hydrogens (tertiary/aromatic N) is 3. The van der Waals surface area contributed by atoms with Gasteiger partial charge < -0.3 is 14.3 Å². The number of hydrogen-bond donors (Lipinski definition) is 1. The number of halogens is 1. The molecule has 2 heterocycles. The first-order valence-electron chi connectivity index (χ1n) is 7.59. The summed E-state index contributed by atoms with van der Waals surface area (Å²) in [4.78, 5) is 20.1. The summed E-state index contributed by atoms with van der Waals surface area (Å²) < 4.78 is 9.21. The second-order valence-electron chi connectivity index (χ2n) is 5.58. The van der Waals surface area contributed by atoms with Crippen molar-refractivity contribution in [2.75, 3.05) is 0 Å². The summed E-state index contributed by atoms with van der Waals surface area (Å²) in [5.41, 5.74) is 1.26. The average Bonchev–Trinajstić information content (AvgIpc) is 2.93. The SMILES string of the molecule is CCn1cnc2c(=O)n(-c3ccc(Cl)c(OC(C)C)c3)c(=S)[nH]c21. The Morgan fingerprint density at radius 2 is 2.17 bits per heavy atom. The molecule has 6 nitrogen and oxygen atoms in total. The smallest absolute Gasteiger partial charge is 0.287 e. The summed E-state index contributed by atoms with van der Waals surface area (Å²) in [6.07, 6.45) is 1.59. The number of ether oxygens (including phenoxy) is 1. The normalized spacial score (nSPS) is 11.4. The van der Waals surface area contributed by atoms with Crippen LogP contribution in [0.3, 0.4) is 0 Å². The Morgan fingerprint density at radius 3 is 2.83 bits per heavy atom. The lowest BCUT2D eigenvalue weighted by Crippen LogP contribution is -2.21. The van der Waals surface area contributed by atoms with Crippen molar-refractivity contribution in [2.45, 2.75) is 33.4 Å². The Balaban J connectivity index is 2.23. The lowest BCUT2D eigenvalue weighted by atomic mass is 10.3. The monoisotopic (exact) mass is 364 g/mol. The summed E-state index contributed by atoms with van der Waals surface area (Å²) in [6.45, 7) is 6.48. The van der Waals surface area contributed by atoms with Crippen molar-refractivity contribution >= 4 is 35.0 Å². The molecule has 3 rings (SSSR count). The summed E-state index contributed by atoms with van der Waals surface area (Å²) in [5.74, 6) is 0.504. The van der Waals surface area contributed by atoms with E-state index < -0.39 is 0 Å². The van der Waals surface area contributed by atoms with E-state index in [2.05, 4.69) is 9.97 Å². The first kappa shape index (κ1) is 16.7. The number of hydrogen-bond acceptors (Lipinski definition) is 4. The molecule has 0 atom stereocenters. The zero-order valence-corrected chi connectivity index (χ0v) is 15.1. The minimum atomic E-state index is -0.279. The number of aromatic nitrogens is 4. The molecule has 0 saturated carbocycles. The van der Waals surface area contributed by atoms with E-state index in [1.807, 2.05) is 25.3 Å². The van der Waals surface area contributed by atoms with Crippen LogP contribution in [-0.2, 0) is 6.54 Å².